The number of carbonyl (C=O) groups is 1. The van der Waals surface area contributed by atoms with Crippen molar-refractivity contribution in [2.24, 2.45) is 11.7 Å². The van der Waals surface area contributed by atoms with E-state index in [1.807, 2.05) is 19.1 Å². The van der Waals surface area contributed by atoms with Gasteiger partial charge in [-0.3, -0.25) is 4.79 Å². The number of pyridine rings is 1. The SMILES string of the molecule is COc1cc2cc(n1)[C@@H](N)CCC[C@@H](C)C(=O)NC1=CCCC=C12. The predicted molar refractivity (Wildman–Crippen MR) is 94.2 cm³/mol. The standard InChI is InChI=1S/C19H25N3O2/c1-12-6-5-8-15(20)17-10-13(11-18(21-17)24-2)14-7-3-4-9-16(14)22-19(12)23/h7,9-12,15H,3-6,8,20H2,1-2H3,(H,22,23)/t12-,15+/m1/s1. The molecule has 5 nitrogen and oxygen atoms in total. The van der Waals surface area contributed by atoms with Gasteiger partial charge in [-0.2, -0.15) is 0 Å². The molecule has 2 atom stereocenters. The number of ether oxygens (including phenoxy) is 1. The van der Waals surface area contributed by atoms with Crippen LogP contribution in [-0.2, 0) is 4.79 Å². The van der Waals surface area contributed by atoms with Gasteiger partial charge >= 0.3 is 0 Å². The lowest BCUT2D eigenvalue weighted by atomic mass is 9.92. The number of aromatic nitrogens is 1. The number of allylic oxidation sites excluding steroid dienone is 3. The number of rotatable bonds is 1. The summed E-state index contributed by atoms with van der Waals surface area (Å²) in [5, 5.41) is 3.11. The molecule has 0 saturated carbocycles. The molecule has 1 aromatic rings. The number of nitrogens with one attached hydrogen (secondary N) is 1. The fourth-order valence-corrected chi connectivity index (χ4v) is 3.22. The van der Waals surface area contributed by atoms with E-state index in [0.29, 0.717) is 5.88 Å². The first-order valence-corrected chi connectivity index (χ1v) is 8.62. The van der Waals surface area contributed by atoms with E-state index in [1.165, 1.54) is 0 Å². The van der Waals surface area contributed by atoms with E-state index in [-0.39, 0.29) is 17.9 Å². The van der Waals surface area contributed by atoms with Gasteiger partial charge in [-0.25, -0.2) is 4.98 Å². The fraction of sp³-hybridized carbons (Fsp3) is 0.474. The third-order valence-corrected chi connectivity index (χ3v) is 4.73. The van der Waals surface area contributed by atoms with Crippen molar-refractivity contribution in [1.82, 2.24) is 10.3 Å². The van der Waals surface area contributed by atoms with Crippen LogP contribution in [0.3, 0.4) is 0 Å². The third kappa shape index (κ3) is 3.51. The zero-order valence-corrected chi connectivity index (χ0v) is 14.3. The quantitative estimate of drug-likeness (QED) is 0.831. The number of hydrogen-bond donors (Lipinski definition) is 2. The van der Waals surface area contributed by atoms with E-state index in [0.717, 1.165) is 54.6 Å². The van der Waals surface area contributed by atoms with Gasteiger partial charge in [0.1, 0.15) is 0 Å². The smallest absolute Gasteiger partial charge is 0.227 e. The van der Waals surface area contributed by atoms with Crippen LogP contribution < -0.4 is 15.8 Å². The fourth-order valence-electron chi connectivity index (χ4n) is 3.22. The average molecular weight is 327 g/mol. The summed E-state index contributed by atoms with van der Waals surface area (Å²) in [5.74, 6) is 0.603. The number of nitrogens with zero attached hydrogens (tertiary/aromatic N) is 1. The molecule has 0 spiro atoms. The summed E-state index contributed by atoms with van der Waals surface area (Å²) in [4.78, 5) is 17.0. The molecular weight excluding hydrogens is 302 g/mol. The molecule has 0 saturated heterocycles. The molecule has 0 fully saturated rings. The van der Waals surface area contributed by atoms with Crippen LogP contribution in [-0.4, -0.2) is 18.0 Å². The van der Waals surface area contributed by atoms with E-state index in [2.05, 4.69) is 22.5 Å². The summed E-state index contributed by atoms with van der Waals surface area (Å²) in [6.07, 6.45) is 8.67. The lowest BCUT2D eigenvalue weighted by Gasteiger charge is -2.23. The lowest BCUT2D eigenvalue weighted by molar-refractivity contribution is -0.123. The Bertz CT molecular complexity index is 694. The van der Waals surface area contributed by atoms with Gasteiger partial charge < -0.3 is 15.8 Å². The van der Waals surface area contributed by atoms with E-state index in [9.17, 15) is 4.79 Å². The van der Waals surface area contributed by atoms with Gasteiger partial charge in [0.2, 0.25) is 11.8 Å². The lowest BCUT2D eigenvalue weighted by Crippen LogP contribution is -2.30. The van der Waals surface area contributed by atoms with Crippen molar-refractivity contribution in [2.45, 2.75) is 45.1 Å². The molecule has 0 aromatic carbocycles. The normalized spacial score (nSPS) is 24.5. The van der Waals surface area contributed by atoms with Crippen LogP contribution in [0.4, 0.5) is 0 Å². The molecule has 0 radical (unpaired) electrons. The Morgan fingerprint density at radius 1 is 1.25 bits per heavy atom. The first-order chi connectivity index (χ1) is 11.6. The minimum absolute atomic E-state index is 0.0264. The maximum atomic E-state index is 12.5. The van der Waals surface area contributed by atoms with Gasteiger partial charge in [0.15, 0.2) is 0 Å². The second-order valence-electron chi connectivity index (χ2n) is 6.56. The Morgan fingerprint density at radius 2 is 2.04 bits per heavy atom. The maximum Gasteiger partial charge on any atom is 0.227 e. The predicted octanol–water partition coefficient (Wildman–Crippen LogP) is 3.09. The van der Waals surface area contributed by atoms with Crippen molar-refractivity contribution < 1.29 is 9.53 Å². The van der Waals surface area contributed by atoms with Crippen LogP contribution in [0, 0.1) is 5.92 Å². The minimum Gasteiger partial charge on any atom is -0.481 e. The Labute approximate surface area is 143 Å². The number of carbonyl (C=O) groups excluding carboxylic acids is 1. The summed E-state index contributed by atoms with van der Waals surface area (Å²) in [7, 11) is 1.61. The number of amides is 1. The molecular formula is C19H25N3O2. The molecule has 128 valence electrons. The summed E-state index contributed by atoms with van der Waals surface area (Å²) in [6.45, 7) is 1.97. The van der Waals surface area contributed by atoms with Gasteiger partial charge in [0.05, 0.1) is 12.8 Å². The van der Waals surface area contributed by atoms with Gasteiger partial charge in [0, 0.05) is 29.3 Å². The molecule has 2 bridgehead atoms. The highest BCUT2D eigenvalue weighted by atomic mass is 16.5. The van der Waals surface area contributed by atoms with Crippen LogP contribution in [0.25, 0.3) is 5.57 Å². The molecule has 1 aliphatic heterocycles. The second kappa shape index (κ2) is 7.18. The molecule has 2 heterocycles. The van der Waals surface area contributed by atoms with Crippen molar-refractivity contribution in [3.63, 3.8) is 0 Å². The highest BCUT2D eigenvalue weighted by molar-refractivity contribution is 5.88. The van der Waals surface area contributed by atoms with E-state index < -0.39 is 0 Å². The van der Waals surface area contributed by atoms with Crippen molar-refractivity contribution >= 4 is 11.5 Å². The number of fused-ring (bicyclic) bond motifs is 4. The van der Waals surface area contributed by atoms with Crippen LogP contribution in [0.5, 0.6) is 5.88 Å². The Balaban J connectivity index is 2.07. The molecule has 3 N–H and O–H groups in total. The monoisotopic (exact) mass is 327 g/mol. The average Bonchev–Trinajstić information content (AvgIpc) is 2.60. The van der Waals surface area contributed by atoms with E-state index in [4.69, 9.17) is 10.5 Å². The zero-order valence-electron chi connectivity index (χ0n) is 14.3. The molecule has 1 amide bonds. The number of hydrogen-bond acceptors (Lipinski definition) is 4. The van der Waals surface area contributed by atoms with Crippen molar-refractivity contribution in [2.75, 3.05) is 7.11 Å². The molecule has 3 rings (SSSR count). The maximum absolute atomic E-state index is 12.5. The molecule has 24 heavy (non-hydrogen) atoms. The Hall–Kier alpha value is -2.14. The van der Waals surface area contributed by atoms with Crippen LogP contribution >= 0.6 is 0 Å². The third-order valence-electron chi connectivity index (χ3n) is 4.73. The summed E-state index contributed by atoms with van der Waals surface area (Å²) < 4.78 is 5.36. The van der Waals surface area contributed by atoms with Crippen LogP contribution in [0.1, 0.15) is 56.3 Å². The largest absolute Gasteiger partial charge is 0.481 e. The summed E-state index contributed by atoms with van der Waals surface area (Å²) in [5.41, 5.74) is 10.1. The highest BCUT2D eigenvalue weighted by Gasteiger charge is 2.21. The Kier molecular flexibility index (Phi) is 5.00. The van der Waals surface area contributed by atoms with Gasteiger partial charge in [-0.1, -0.05) is 25.5 Å². The van der Waals surface area contributed by atoms with E-state index in [1.54, 1.807) is 7.11 Å². The molecule has 1 aromatic heterocycles. The summed E-state index contributed by atoms with van der Waals surface area (Å²) >= 11 is 0. The van der Waals surface area contributed by atoms with Gasteiger partial charge in [0.25, 0.3) is 0 Å². The minimum atomic E-state index is -0.148. The van der Waals surface area contributed by atoms with Gasteiger partial charge in [-0.15, -0.1) is 0 Å². The van der Waals surface area contributed by atoms with E-state index >= 15 is 0 Å². The highest BCUT2D eigenvalue weighted by Crippen LogP contribution is 2.31. The van der Waals surface area contributed by atoms with Crippen molar-refractivity contribution in [3.05, 3.63) is 41.2 Å². The number of methoxy groups -OCH3 is 1. The molecule has 0 unspecified atom stereocenters. The number of nitrogens with two attached hydrogens (primary N) is 1. The van der Waals surface area contributed by atoms with Crippen molar-refractivity contribution in [1.29, 1.82) is 0 Å². The first kappa shape index (κ1) is 16.7. The topological polar surface area (TPSA) is 77.2 Å². The zero-order chi connectivity index (χ0) is 17.1. The molecule has 5 heteroatoms. The Morgan fingerprint density at radius 3 is 2.83 bits per heavy atom. The molecule has 2 aliphatic rings. The molecule has 1 aliphatic carbocycles. The van der Waals surface area contributed by atoms with Crippen molar-refractivity contribution in [3.8, 4) is 5.88 Å². The first-order valence-electron chi connectivity index (χ1n) is 8.62. The van der Waals surface area contributed by atoms with Crippen LogP contribution in [0.15, 0.2) is 30.0 Å². The van der Waals surface area contributed by atoms with Gasteiger partial charge in [-0.05, 0) is 37.3 Å². The second-order valence-corrected chi connectivity index (χ2v) is 6.56. The van der Waals surface area contributed by atoms with Crippen LogP contribution in [0.2, 0.25) is 0 Å². The summed E-state index contributed by atoms with van der Waals surface area (Å²) in [6, 6.07) is 3.78.